The molecule has 1 unspecified atom stereocenters. The van der Waals surface area contributed by atoms with Gasteiger partial charge in [0.1, 0.15) is 0 Å². The van der Waals surface area contributed by atoms with Crippen LogP contribution >= 0.6 is 0 Å². The van der Waals surface area contributed by atoms with Gasteiger partial charge < -0.3 is 10.6 Å². The van der Waals surface area contributed by atoms with E-state index < -0.39 is 0 Å². The molecule has 1 rings (SSSR count). The largest absolute Gasteiger partial charge is 0.330 e. The molecule has 0 spiro atoms. The predicted molar refractivity (Wildman–Crippen MR) is 75.3 cm³/mol. The normalized spacial score (nSPS) is 21.4. The topological polar surface area (TPSA) is 32.5 Å². The summed E-state index contributed by atoms with van der Waals surface area (Å²) in [5.41, 5.74) is 5.54. The van der Waals surface area contributed by atoms with Gasteiger partial charge in [0.05, 0.1) is 0 Å². The van der Waals surface area contributed by atoms with Gasteiger partial charge in [-0.1, -0.05) is 13.3 Å². The molecule has 3 heteroatoms. The number of hydrogen-bond acceptors (Lipinski definition) is 3. The van der Waals surface area contributed by atoms with Gasteiger partial charge in [0, 0.05) is 19.1 Å². The Hall–Kier alpha value is -0.120. The van der Waals surface area contributed by atoms with Crippen LogP contribution in [0.1, 0.15) is 46.0 Å². The lowest BCUT2D eigenvalue weighted by Gasteiger charge is -2.27. The summed E-state index contributed by atoms with van der Waals surface area (Å²) in [6, 6.07) is 0.768. The van der Waals surface area contributed by atoms with Crippen LogP contribution in [0.15, 0.2) is 0 Å². The first-order valence-electron chi connectivity index (χ1n) is 7.44. The molecule has 1 aliphatic heterocycles. The van der Waals surface area contributed by atoms with Gasteiger partial charge in [-0.25, -0.2) is 0 Å². The lowest BCUT2D eigenvalue weighted by molar-refractivity contribution is 0.199. The highest BCUT2D eigenvalue weighted by Gasteiger charge is 2.17. The molecule has 1 heterocycles. The average molecular weight is 241 g/mol. The fourth-order valence-electron chi connectivity index (χ4n) is 2.74. The average Bonchev–Trinajstić information content (AvgIpc) is 2.55. The molecule has 1 aliphatic rings. The van der Waals surface area contributed by atoms with E-state index in [1.807, 2.05) is 0 Å². The van der Waals surface area contributed by atoms with E-state index in [9.17, 15) is 0 Å². The zero-order valence-electron chi connectivity index (χ0n) is 11.8. The van der Waals surface area contributed by atoms with Crippen molar-refractivity contribution in [1.29, 1.82) is 0 Å². The maximum absolute atomic E-state index is 5.54. The molecule has 0 aromatic carbocycles. The third-order valence-corrected chi connectivity index (χ3v) is 3.88. The summed E-state index contributed by atoms with van der Waals surface area (Å²) >= 11 is 0. The minimum Gasteiger partial charge on any atom is -0.330 e. The Labute approximate surface area is 107 Å². The minimum absolute atomic E-state index is 0.768. The van der Waals surface area contributed by atoms with Crippen LogP contribution < -0.4 is 5.73 Å². The van der Waals surface area contributed by atoms with Gasteiger partial charge in [-0.3, -0.25) is 4.90 Å². The highest BCUT2D eigenvalue weighted by molar-refractivity contribution is 4.74. The zero-order chi connectivity index (χ0) is 12.5. The van der Waals surface area contributed by atoms with E-state index >= 15 is 0 Å². The second-order valence-corrected chi connectivity index (χ2v) is 5.36. The Bertz CT molecular complexity index is 184. The van der Waals surface area contributed by atoms with E-state index in [2.05, 4.69) is 23.6 Å². The molecule has 0 amide bonds. The van der Waals surface area contributed by atoms with Crippen molar-refractivity contribution in [2.24, 2.45) is 5.73 Å². The van der Waals surface area contributed by atoms with Crippen molar-refractivity contribution in [1.82, 2.24) is 9.80 Å². The fraction of sp³-hybridized carbons (Fsp3) is 1.00. The van der Waals surface area contributed by atoms with Crippen LogP contribution in [0.3, 0.4) is 0 Å². The van der Waals surface area contributed by atoms with Crippen LogP contribution in [0, 0.1) is 0 Å². The Morgan fingerprint density at radius 2 is 1.94 bits per heavy atom. The van der Waals surface area contributed by atoms with Crippen LogP contribution in [-0.2, 0) is 0 Å². The van der Waals surface area contributed by atoms with E-state index in [0.29, 0.717) is 0 Å². The van der Waals surface area contributed by atoms with Crippen LogP contribution in [0.25, 0.3) is 0 Å². The van der Waals surface area contributed by atoms with Gasteiger partial charge >= 0.3 is 0 Å². The van der Waals surface area contributed by atoms with E-state index in [-0.39, 0.29) is 0 Å². The van der Waals surface area contributed by atoms with E-state index in [1.165, 1.54) is 64.8 Å². The molecule has 17 heavy (non-hydrogen) atoms. The lowest BCUT2D eigenvalue weighted by atomic mass is 10.1. The number of nitrogens with two attached hydrogens (primary N) is 1. The molecule has 0 aromatic heterocycles. The molecule has 3 nitrogen and oxygen atoms in total. The third-order valence-electron chi connectivity index (χ3n) is 3.88. The maximum Gasteiger partial charge on any atom is 0.0112 e. The first-order valence-corrected chi connectivity index (χ1v) is 7.44. The third kappa shape index (κ3) is 5.84. The van der Waals surface area contributed by atoms with Crippen LogP contribution in [0.4, 0.5) is 0 Å². The van der Waals surface area contributed by atoms with E-state index in [1.54, 1.807) is 0 Å². The van der Waals surface area contributed by atoms with Crippen LogP contribution in [0.2, 0.25) is 0 Å². The van der Waals surface area contributed by atoms with Crippen molar-refractivity contribution in [2.75, 3.05) is 39.3 Å². The summed E-state index contributed by atoms with van der Waals surface area (Å²) in [5.74, 6) is 0. The first-order chi connectivity index (χ1) is 8.27. The molecule has 2 N–H and O–H groups in total. The van der Waals surface area contributed by atoms with Gasteiger partial charge in [-0.2, -0.15) is 0 Å². The molecular formula is C14H31N3. The number of unbranched alkanes of at least 4 members (excludes halogenated alkanes) is 1. The summed E-state index contributed by atoms with van der Waals surface area (Å²) < 4.78 is 0. The molecular weight excluding hydrogens is 210 g/mol. The molecule has 102 valence electrons. The molecule has 1 saturated heterocycles. The Balaban J connectivity index is 2.24. The zero-order valence-corrected chi connectivity index (χ0v) is 11.8. The van der Waals surface area contributed by atoms with Crippen molar-refractivity contribution >= 4 is 0 Å². The highest BCUT2D eigenvalue weighted by Crippen LogP contribution is 2.11. The molecule has 1 fully saturated rings. The Kier molecular flexibility index (Phi) is 7.82. The van der Waals surface area contributed by atoms with E-state index in [4.69, 9.17) is 5.73 Å². The molecule has 1 atom stereocenters. The quantitative estimate of drug-likeness (QED) is 0.691. The van der Waals surface area contributed by atoms with Crippen molar-refractivity contribution in [3.63, 3.8) is 0 Å². The van der Waals surface area contributed by atoms with Gasteiger partial charge in [-0.15, -0.1) is 0 Å². The van der Waals surface area contributed by atoms with Gasteiger partial charge in [-0.05, 0) is 58.8 Å². The lowest BCUT2D eigenvalue weighted by Crippen LogP contribution is -2.36. The summed E-state index contributed by atoms with van der Waals surface area (Å²) in [5, 5.41) is 0. The number of hydrogen-bond donors (Lipinski definition) is 1. The Morgan fingerprint density at radius 1 is 1.12 bits per heavy atom. The van der Waals surface area contributed by atoms with Crippen molar-refractivity contribution in [3.8, 4) is 0 Å². The van der Waals surface area contributed by atoms with Crippen LogP contribution in [-0.4, -0.2) is 55.1 Å². The summed E-state index contributed by atoms with van der Waals surface area (Å²) in [4.78, 5) is 5.29. The van der Waals surface area contributed by atoms with Gasteiger partial charge in [0.2, 0.25) is 0 Å². The summed E-state index contributed by atoms with van der Waals surface area (Å²) in [6.07, 6.45) is 6.41. The highest BCUT2D eigenvalue weighted by atomic mass is 15.2. The molecule has 0 aromatic rings. The monoisotopic (exact) mass is 241 g/mol. The fourth-order valence-corrected chi connectivity index (χ4v) is 2.74. The van der Waals surface area contributed by atoms with E-state index in [0.717, 1.165) is 12.6 Å². The molecule has 0 bridgehead atoms. The predicted octanol–water partition coefficient (Wildman–Crippen LogP) is 1.92. The standard InChI is InChI=1S/C14H31N3/c1-3-7-14(2)17-11-6-10-16(12-13-17)9-5-4-8-15/h14H,3-13,15H2,1-2H3. The smallest absolute Gasteiger partial charge is 0.0112 e. The first kappa shape index (κ1) is 14.9. The second-order valence-electron chi connectivity index (χ2n) is 5.36. The second kappa shape index (κ2) is 8.90. The maximum atomic E-state index is 5.54. The SMILES string of the molecule is CCCC(C)N1CCCN(CCCCN)CC1. The minimum atomic E-state index is 0.768. The van der Waals surface area contributed by atoms with Crippen molar-refractivity contribution in [3.05, 3.63) is 0 Å². The Morgan fingerprint density at radius 3 is 2.65 bits per heavy atom. The summed E-state index contributed by atoms with van der Waals surface area (Å²) in [6.45, 7) is 11.8. The molecule has 0 saturated carbocycles. The van der Waals surface area contributed by atoms with Crippen molar-refractivity contribution in [2.45, 2.75) is 52.0 Å². The van der Waals surface area contributed by atoms with Crippen molar-refractivity contribution < 1.29 is 0 Å². The number of nitrogens with zero attached hydrogens (tertiary/aromatic N) is 2. The molecule has 0 aliphatic carbocycles. The van der Waals surface area contributed by atoms with Gasteiger partial charge in [0.25, 0.3) is 0 Å². The van der Waals surface area contributed by atoms with Crippen LogP contribution in [0.5, 0.6) is 0 Å². The molecule has 0 radical (unpaired) electrons. The van der Waals surface area contributed by atoms with Gasteiger partial charge in [0.15, 0.2) is 0 Å². The summed E-state index contributed by atoms with van der Waals surface area (Å²) in [7, 11) is 0. The number of rotatable bonds is 7.